The molecule has 0 radical (unpaired) electrons. The quantitative estimate of drug-likeness (QED) is 0.347. The number of ether oxygens (including phenoxy) is 3. The molecule has 12 heteroatoms. The van der Waals surface area contributed by atoms with Crippen LogP contribution in [0.3, 0.4) is 0 Å². The van der Waals surface area contributed by atoms with E-state index < -0.39 is 5.41 Å². The Morgan fingerprint density at radius 3 is 2.58 bits per heavy atom. The fourth-order valence-corrected chi connectivity index (χ4v) is 5.71. The van der Waals surface area contributed by atoms with E-state index in [1.807, 2.05) is 17.9 Å². The monoisotopic (exact) mass is 582 g/mol. The minimum absolute atomic E-state index is 0.000127. The van der Waals surface area contributed by atoms with Crippen molar-refractivity contribution in [2.24, 2.45) is 11.3 Å². The zero-order valence-electron chi connectivity index (χ0n) is 22.3. The van der Waals surface area contributed by atoms with Gasteiger partial charge in [-0.1, -0.05) is 29.8 Å². The number of carbonyl (C=O) groups is 1. The molecular formula is C28H28Cl2N6O4. The lowest BCUT2D eigenvalue weighted by Crippen LogP contribution is -2.54. The van der Waals surface area contributed by atoms with Gasteiger partial charge in [0, 0.05) is 36.9 Å². The highest BCUT2D eigenvalue weighted by Crippen LogP contribution is 2.46. The summed E-state index contributed by atoms with van der Waals surface area (Å²) >= 11 is 13.4. The Hall–Kier alpha value is -3.65. The van der Waals surface area contributed by atoms with E-state index in [1.165, 1.54) is 20.3 Å². The number of anilines is 2. The summed E-state index contributed by atoms with van der Waals surface area (Å²) in [5.41, 5.74) is 0.434. The number of allylic oxidation sites excluding steroid dienone is 1. The zero-order chi connectivity index (χ0) is 28.6. The molecule has 2 aromatic heterocycles. The van der Waals surface area contributed by atoms with Crippen LogP contribution in [-0.2, 0) is 9.53 Å². The predicted molar refractivity (Wildman–Crippen MR) is 153 cm³/mol. The van der Waals surface area contributed by atoms with Gasteiger partial charge in [0.25, 0.3) is 0 Å². The maximum atomic E-state index is 12.0. The summed E-state index contributed by atoms with van der Waals surface area (Å²) in [7, 11) is 3.00. The zero-order valence-corrected chi connectivity index (χ0v) is 23.8. The molecule has 0 unspecified atom stereocenters. The molecule has 3 aromatic rings. The van der Waals surface area contributed by atoms with Crippen molar-refractivity contribution >= 4 is 51.5 Å². The van der Waals surface area contributed by atoms with Gasteiger partial charge in [-0.25, -0.2) is 15.0 Å². The average Bonchev–Trinajstić information content (AvgIpc) is 3.37. The Labute approximate surface area is 241 Å². The lowest BCUT2D eigenvalue weighted by atomic mass is 9.83. The van der Waals surface area contributed by atoms with Gasteiger partial charge in [-0.2, -0.15) is 5.26 Å². The van der Waals surface area contributed by atoms with Crippen LogP contribution in [0.25, 0.3) is 22.3 Å². The third kappa shape index (κ3) is 5.12. The highest BCUT2D eigenvalue weighted by atomic mass is 35.5. The van der Waals surface area contributed by atoms with Crippen LogP contribution in [0, 0.1) is 22.7 Å². The van der Waals surface area contributed by atoms with Gasteiger partial charge in [0.05, 0.1) is 72.3 Å². The summed E-state index contributed by atoms with van der Waals surface area (Å²) in [6, 6.07) is 5.75. The second kappa shape index (κ2) is 11.1. The van der Waals surface area contributed by atoms with Crippen molar-refractivity contribution in [3.8, 4) is 29.0 Å². The molecule has 0 saturated carbocycles. The van der Waals surface area contributed by atoms with Gasteiger partial charge < -0.3 is 24.4 Å². The Morgan fingerprint density at radius 1 is 1.25 bits per heavy atom. The van der Waals surface area contributed by atoms with Gasteiger partial charge in [0.15, 0.2) is 11.6 Å². The highest BCUT2D eigenvalue weighted by molar-refractivity contribution is 6.41. The van der Waals surface area contributed by atoms with E-state index >= 15 is 0 Å². The summed E-state index contributed by atoms with van der Waals surface area (Å²) in [6.07, 6.45) is 3.33. The normalized spacial score (nSPS) is 19.6. The fourth-order valence-electron chi connectivity index (χ4n) is 5.04. The second-order valence-corrected chi connectivity index (χ2v) is 10.9. The van der Waals surface area contributed by atoms with E-state index in [9.17, 15) is 10.1 Å². The van der Waals surface area contributed by atoms with Gasteiger partial charge in [-0.3, -0.25) is 4.79 Å². The Morgan fingerprint density at radius 2 is 1.95 bits per heavy atom. The molecule has 10 nitrogen and oxygen atoms in total. The lowest BCUT2D eigenvalue weighted by Gasteiger charge is -2.44. The van der Waals surface area contributed by atoms with Gasteiger partial charge in [0.2, 0.25) is 0 Å². The van der Waals surface area contributed by atoms with Crippen molar-refractivity contribution in [1.82, 2.24) is 15.0 Å². The molecule has 2 aliphatic rings. The maximum absolute atomic E-state index is 12.0. The van der Waals surface area contributed by atoms with Gasteiger partial charge >= 0.3 is 0 Å². The smallest absolute Gasteiger partial charge is 0.165 e. The van der Waals surface area contributed by atoms with Crippen molar-refractivity contribution in [2.75, 3.05) is 50.7 Å². The SMILES string of the molecule is C=CC(=O)C[C@H]1COC[C@H]1Nc1cc2c(N3CC(C)(C#N)C3)nc(-c3c(Cl)c(OC)cc(OC)c3Cl)nc2cn1. The van der Waals surface area contributed by atoms with E-state index in [1.54, 1.807) is 12.3 Å². The Balaban J connectivity index is 1.59. The van der Waals surface area contributed by atoms with Crippen LogP contribution in [0.1, 0.15) is 13.3 Å². The number of carbonyl (C=O) groups excluding carboxylic acids is 1. The number of methoxy groups -OCH3 is 2. The van der Waals surface area contributed by atoms with Crippen LogP contribution in [0.15, 0.2) is 31.0 Å². The van der Waals surface area contributed by atoms with Gasteiger partial charge in [0.1, 0.15) is 23.1 Å². The molecule has 1 aromatic carbocycles. The molecule has 5 rings (SSSR count). The Kier molecular flexibility index (Phi) is 7.73. The first-order valence-corrected chi connectivity index (χ1v) is 13.4. The molecule has 208 valence electrons. The molecule has 4 heterocycles. The summed E-state index contributed by atoms with van der Waals surface area (Å²) in [5, 5.41) is 14.3. The number of nitriles is 1. The number of nitrogens with zero attached hydrogens (tertiary/aromatic N) is 5. The molecule has 2 saturated heterocycles. The van der Waals surface area contributed by atoms with Gasteiger partial charge in [-0.15, -0.1) is 0 Å². The maximum Gasteiger partial charge on any atom is 0.165 e. The number of ketones is 1. The molecule has 40 heavy (non-hydrogen) atoms. The van der Waals surface area contributed by atoms with E-state index in [0.29, 0.717) is 66.9 Å². The first kappa shape index (κ1) is 27.9. The number of aromatic nitrogens is 3. The molecule has 2 aliphatic heterocycles. The van der Waals surface area contributed by atoms with Gasteiger partial charge in [-0.05, 0) is 19.1 Å². The highest BCUT2D eigenvalue weighted by Gasteiger charge is 2.41. The van der Waals surface area contributed by atoms with Crippen molar-refractivity contribution in [2.45, 2.75) is 19.4 Å². The van der Waals surface area contributed by atoms with Crippen LogP contribution >= 0.6 is 23.2 Å². The van der Waals surface area contributed by atoms with Crippen molar-refractivity contribution in [1.29, 1.82) is 5.26 Å². The first-order valence-electron chi connectivity index (χ1n) is 12.6. The number of halogens is 2. The van der Waals surface area contributed by atoms with E-state index in [4.69, 9.17) is 47.4 Å². The topological polar surface area (TPSA) is 122 Å². The summed E-state index contributed by atoms with van der Waals surface area (Å²) in [4.78, 5) is 28.2. The first-order chi connectivity index (χ1) is 19.2. The minimum Gasteiger partial charge on any atom is -0.495 e. The molecule has 0 spiro atoms. The van der Waals surface area contributed by atoms with Crippen LogP contribution in [-0.4, -0.2) is 67.3 Å². The van der Waals surface area contributed by atoms with Crippen molar-refractivity contribution in [3.63, 3.8) is 0 Å². The molecule has 0 bridgehead atoms. The number of benzene rings is 1. The molecule has 2 atom stereocenters. The van der Waals surface area contributed by atoms with Crippen LogP contribution < -0.4 is 19.7 Å². The van der Waals surface area contributed by atoms with E-state index in [-0.39, 0.29) is 33.6 Å². The number of hydrogen-bond donors (Lipinski definition) is 1. The number of pyridine rings is 1. The number of fused-ring (bicyclic) bond motifs is 1. The fraction of sp³-hybridized carbons (Fsp3) is 0.393. The van der Waals surface area contributed by atoms with Crippen LogP contribution in [0.5, 0.6) is 11.5 Å². The predicted octanol–water partition coefficient (Wildman–Crippen LogP) is 4.94. The average molecular weight is 583 g/mol. The van der Waals surface area contributed by atoms with Crippen molar-refractivity contribution < 1.29 is 19.0 Å². The molecule has 2 fully saturated rings. The third-order valence-electron chi connectivity index (χ3n) is 7.23. The number of rotatable bonds is 9. The summed E-state index contributed by atoms with van der Waals surface area (Å²) < 4.78 is 16.5. The molecule has 1 N–H and O–H groups in total. The third-order valence-corrected chi connectivity index (χ3v) is 7.98. The second-order valence-electron chi connectivity index (χ2n) is 10.2. The number of nitrogens with one attached hydrogen (secondary N) is 1. The molecule has 0 aliphatic carbocycles. The van der Waals surface area contributed by atoms with E-state index in [0.717, 1.165) is 5.39 Å². The molecular weight excluding hydrogens is 555 g/mol. The lowest BCUT2D eigenvalue weighted by molar-refractivity contribution is -0.115. The van der Waals surface area contributed by atoms with Crippen LogP contribution in [0.4, 0.5) is 11.6 Å². The summed E-state index contributed by atoms with van der Waals surface area (Å²) in [6.45, 7) is 7.40. The largest absolute Gasteiger partial charge is 0.495 e. The van der Waals surface area contributed by atoms with E-state index in [2.05, 4.69) is 22.9 Å². The Bertz CT molecular complexity index is 1510. The van der Waals surface area contributed by atoms with Crippen molar-refractivity contribution in [3.05, 3.63) is 41.0 Å². The summed E-state index contributed by atoms with van der Waals surface area (Å²) in [5.74, 6) is 2.19. The standard InChI is InChI=1S/C28H28Cl2N6O4/c1-5-16(37)6-15-10-40-11-19(15)33-22-7-17-18(9-32-22)34-26(35-27(17)36-13-28(2,12-31)14-36)23-24(29)20(38-3)8-21(39-4)25(23)30/h5,7-9,15,19H,1,6,10-11,13-14H2,2-4H3,(H,32,33)/t15-,19+/m0/s1. The number of hydrogen-bond acceptors (Lipinski definition) is 10. The minimum atomic E-state index is -0.494. The molecule has 0 amide bonds. The van der Waals surface area contributed by atoms with Crippen LogP contribution in [0.2, 0.25) is 10.0 Å².